The summed E-state index contributed by atoms with van der Waals surface area (Å²) < 4.78 is 1.61. The molecule has 3 rings (SSSR count). The van der Waals surface area contributed by atoms with Crippen LogP contribution in [-0.2, 0) is 6.54 Å². The number of halogens is 1. The Morgan fingerprint density at radius 1 is 1.29 bits per heavy atom. The number of benzene rings is 1. The molecule has 0 unspecified atom stereocenters. The average Bonchev–Trinajstić information content (AvgIpc) is 3.09. The lowest BCUT2D eigenvalue weighted by Crippen LogP contribution is -2.04. The van der Waals surface area contributed by atoms with E-state index in [1.54, 1.807) is 4.68 Å². The Labute approximate surface area is 128 Å². The molecule has 0 radical (unpaired) electrons. The normalized spacial score (nSPS) is 15.5. The van der Waals surface area contributed by atoms with Gasteiger partial charge in [-0.3, -0.25) is 0 Å². The van der Waals surface area contributed by atoms with Crippen molar-refractivity contribution in [2.45, 2.75) is 38.1 Å². The molecule has 1 fully saturated rings. The predicted octanol–water partition coefficient (Wildman–Crippen LogP) is 3.94. The van der Waals surface area contributed by atoms with Crippen LogP contribution < -0.4 is 0 Å². The maximum absolute atomic E-state index is 11.5. The van der Waals surface area contributed by atoms with Crippen LogP contribution in [0.1, 0.15) is 53.2 Å². The van der Waals surface area contributed by atoms with E-state index in [-0.39, 0.29) is 16.6 Å². The molecule has 0 bridgehead atoms. The van der Waals surface area contributed by atoms with Gasteiger partial charge in [0, 0.05) is 5.92 Å². The van der Waals surface area contributed by atoms with Gasteiger partial charge < -0.3 is 5.11 Å². The smallest absolute Gasteiger partial charge is 0.340 e. The first kappa shape index (κ1) is 14.1. The monoisotopic (exact) mass is 304 g/mol. The number of carboxylic acids is 1. The summed E-state index contributed by atoms with van der Waals surface area (Å²) in [7, 11) is 0. The minimum Gasteiger partial charge on any atom is -0.478 e. The summed E-state index contributed by atoms with van der Waals surface area (Å²) in [5, 5.41) is 14.2. The lowest BCUT2D eigenvalue weighted by Gasteiger charge is -2.06. The highest BCUT2D eigenvalue weighted by Gasteiger charge is 2.29. The third-order valence-electron chi connectivity index (χ3n) is 4.05. The fraction of sp³-hybridized carbons (Fsp3) is 0.375. The summed E-state index contributed by atoms with van der Waals surface area (Å²) in [6.07, 6.45) is 4.26. The quantitative estimate of drug-likeness (QED) is 0.930. The highest BCUT2D eigenvalue weighted by Crippen LogP contribution is 2.37. The van der Waals surface area contributed by atoms with E-state index >= 15 is 0 Å². The van der Waals surface area contributed by atoms with E-state index in [0.717, 1.165) is 31.2 Å². The van der Waals surface area contributed by atoms with Crippen molar-refractivity contribution >= 4 is 17.6 Å². The van der Waals surface area contributed by atoms with Crippen LogP contribution in [0, 0.1) is 0 Å². The molecule has 4 nitrogen and oxygen atoms in total. The molecule has 2 aromatic rings. The van der Waals surface area contributed by atoms with E-state index in [2.05, 4.69) is 5.10 Å². The maximum Gasteiger partial charge on any atom is 0.340 e. The van der Waals surface area contributed by atoms with Gasteiger partial charge in [-0.1, -0.05) is 54.8 Å². The summed E-state index contributed by atoms with van der Waals surface area (Å²) in [6, 6.07) is 9.80. The zero-order valence-electron chi connectivity index (χ0n) is 11.6. The van der Waals surface area contributed by atoms with Crippen LogP contribution >= 0.6 is 11.6 Å². The number of nitrogens with zero attached hydrogens (tertiary/aromatic N) is 2. The summed E-state index contributed by atoms with van der Waals surface area (Å²) in [5.74, 6) is -0.758. The van der Waals surface area contributed by atoms with Gasteiger partial charge >= 0.3 is 5.97 Å². The Morgan fingerprint density at radius 3 is 2.57 bits per heavy atom. The van der Waals surface area contributed by atoms with Gasteiger partial charge in [-0.05, 0) is 18.4 Å². The highest BCUT2D eigenvalue weighted by molar-refractivity contribution is 6.32. The van der Waals surface area contributed by atoms with Crippen LogP contribution in [-0.4, -0.2) is 20.9 Å². The predicted molar refractivity (Wildman–Crippen MR) is 80.9 cm³/mol. The third-order valence-corrected chi connectivity index (χ3v) is 4.43. The molecule has 1 aromatic carbocycles. The largest absolute Gasteiger partial charge is 0.478 e. The average molecular weight is 305 g/mol. The second kappa shape index (κ2) is 5.90. The third kappa shape index (κ3) is 2.81. The molecule has 1 N–H and O–H groups in total. The van der Waals surface area contributed by atoms with Crippen LogP contribution in [0.5, 0.6) is 0 Å². The molecule has 1 aromatic heterocycles. The number of hydrogen-bond acceptors (Lipinski definition) is 2. The first-order valence-electron chi connectivity index (χ1n) is 7.20. The number of aromatic carboxylic acids is 1. The van der Waals surface area contributed by atoms with Gasteiger partial charge in [0.25, 0.3) is 0 Å². The minimum atomic E-state index is -0.985. The number of carbonyl (C=O) groups is 1. The van der Waals surface area contributed by atoms with Crippen LogP contribution in [0.3, 0.4) is 0 Å². The van der Waals surface area contributed by atoms with Crippen molar-refractivity contribution in [1.82, 2.24) is 9.78 Å². The fourth-order valence-corrected chi connectivity index (χ4v) is 3.28. The first-order valence-corrected chi connectivity index (χ1v) is 7.58. The Kier molecular flexibility index (Phi) is 3.97. The molecule has 0 amide bonds. The Bertz CT molecular complexity index is 646. The number of aromatic nitrogens is 2. The van der Waals surface area contributed by atoms with Gasteiger partial charge in [-0.2, -0.15) is 5.10 Å². The van der Waals surface area contributed by atoms with E-state index in [0.29, 0.717) is 12.2 Å². The topological polar surface area (TPSA) is 55.1 Å². The lowest BCUT2D eigenvalue weighted by molar-refractivity contribution is 0.0695. The van der Waals surface area contributed by atoms with Crippen molar-refractivity contribution in [2.24, 2.45) is 0 Å². The van der Waals surface area contributed by atoms with Crippen LogP contribution in [0.25, 0.3) is 0 Å². The second-order valence-electron chi connectivity index (χ2n) is 5.48. The second-order valence-corrected chi connectivity index (χ2v) is 5.84. The summed E-state index contributed by atoms with van der Waals surface area (Å²) in [4.78, 5) is 11.5. The summed E-state index contributed by atoms with van der Waals surface area (Å²) in [6.45, 7) is 0.493. The van der Waals surface area contributed by atoms with Crippen molar-refractivity contribution in [2.75, 3.05) is 0 Å². The van der Waals surface area contributed by atoms with Crippen molar-refractivity contribution in [3.63, 3.8) is 0 Å². The Hall–Kier alpha value is -1.81. The fourth-order valence-electron chi connectivity index (χ4n) is 3.00. The minimum absolute atomic E-state index is 0.180. The van der Waals surface area contributed by atoms with Gasteiger partial charge in [0.1, 0.15) is 10.7 Å². The molecule has 1 aliphatic rings. The Morgan fingerprint density at radius 2 is 1.95 bits per heavy atom. The molecule has 5 heteroatoms. The van der Waals surface area contributed by atoms with E-state index in [9.17, 15) is 9.90 Å². The molecule has 0 aliphatic heterocycles. The standard InChI is InChI=1S/C16H17ClN2O2/c17-15-13(16(20)21)14(12-8-4-5-9-12)18-19(15)10-11-6-2-1-3-7-11/h1-3,6-7,12H,4-5,8-10H2,(H,20,21). The molecule has 1 saturated carbocycles. The van der Waals surface area contributed by atoms with Crippen molar-refractivity contribution < 1.29 is 9.90 Å². The van der Waals surface area contributed by atoms with Gasteiger partial charge in [-0.15, -0.1) is 0 Å². The van der Waals surface area contributed by atoms with Gasteiger partial charge in [0.15, 0.2) is 0 Å². The van der Waals surface area contributed by atoms with Gasteiger partial charge in [0.2, 0.25) is 0 Å². The molecular formula is C16H17ClN2O2. The zero-order valence-corrected chi connectivity index (χ0v) is 12.4. The molecule has 1 aliphatic carbocycles. The Balaban J connectivity index is 1.97. The van der Waals surface area contributed by atoms with Crippen molar-refractivity contribution in [3.05, 3.63) is 52.3 Å². The SMILES string of the molecule is O=C(O)c1c(C2CCCC2)nn(Cc2ccccc2)c1Cl. The van der Waals surface area contributed by atoms with E-state index < -0.39 is 5.97 Å². The molecule has 0 atom stereocenters. The van der Waals surface area contributed by atoms with Crippen molar-refractivity contribution in [3.8, 4) is 0 Å². The van der Waals surface area contributed by atoms with Crippen molar-refractivity contribution in [1.29, 1.82) is 0 Å². The molecule has 0 saturated heterocycles. The number of rotatable bonds is 4. The van der Waals surface area contributed by atoms with Crippen LogP contribution in [0.15, 0.2) is 30.3 Å². The van der Waals surface area contributed by atoms with Crippen LogP contribution in [0.2, 0.25) is 5.15 Å². The molecular weight excluding hydrogens is 288 g/mol. The number of hydrogen-bond donors (Lipinski definition) is 1. The van der Waals surface area contributed by atoms with Gasteiger partial charge in [-0.25, -0.2) is 9.48 Å². The van der Waals surface area contributed by atoms with Crippen LogP contribution in [0.4, 0.5) is 0 Å². The molecule has 0 spiro atoms. The van der Waals surface area contributed by atoms with E-state index in [1.807, 2.05) is 30.3 Å². The molecule has 21 heavy (non-hydrogen) atoms. The van der Waals surface area contributed by atoms with E-state index in [1.165, 1.54) is 0 Å². The highest BCUT2D eigenvalue weighted by atomic mass is 35.5. The molecule has 1 heterocycles. The molecule has 110 valence electrons. The van der Waals surface area contributed by atoms with E-state index in [4.69, 9.17) is 11.6 Å². The van der Waals surface area contributed by atoms with Gasteiger partial charge in [0.05, 0.1) is 12.2 Å². The summed E-state index contributed by atoms with van der Waals surface area (Å²) in [5.41, 5.74) is 1.89. The first-order chi connectivity index (χ1) is 10.2. The maximum atomic E-state index is 11.5. The number of carboxylic acid groups (broad SMARTS) is 1. The summed E-state index contributed by atoms with van der Waals surface area (Å²) >= 11 is 6.27. The lowest BCUT2D eigenvalue weighted by atomic mass is 10.0. The zero-order chi connectivity index (χ0) is 14.8.